The molecule has 0 aromatic heterocycles. The van der Waals surface area contributed by atoms with Crippen LogP contribution >= 0.6 is 15.9 Å². The number of nitrogens with two attached hydrogens (primary N) is 1. The van der Waals surface area contributed by atoms with Crippen molar-refractivity contribution in [3.8, 4) is 0 Å². The highest BCUT2D eigenvalue weighted by Gasteiger charge is 2.19. The van der Waals surface area contributed by atoms with Crippen molar-refractivity contribution in [1.82, 2.24) is 4.90 Å². The zero-order chi connectivity index (χ0) is 14.8. The Morgan fingerprint density at radius 2 is 2.00 bits per heavy atom. The number of carbonyl (C=O) groups excluding carboxylic acids is 1. The SMILES string of the molecule is CCC(C)N(C)C(=O)c1cc(Br)cc(S(N)(=O)=O)c1. The number of carbonyl (C=O) groups is 1. The standard InChI is InChI=1S/C12H17BrN2O3S/c1-4-8(2)15(3)12(16)9-5-10(13)7-11(6-9)19(14,17)18/h5-8H,4H2,1-3H3,(H2,14,17,18). The molecule has 0 bridgehead atoms. The number of sulfonamides is 1. The van der Waals surface area contributed by atoms with Crippen LogP contribution in [-0.4, -0.2) is 32.3 Å². The van der Waals surface area contributed by atoms with Gasteiger partial charge in [0.05, 0.1) is 4.90 Å². The van der Waals surface area contributed by atoms with Gasteiger partial charge in [0.1, 0.15) is 0 Å². The number of nitrogens with zero attached hydrogens (tertiary/aromatic N) is 1. The summed E-state index contributed by atoms with van der Waals surface area (Å²) < 4.78 is 23.2. The fourth-order valence-corrected chi connectivity index (χ4v) is 2.76. The normalized spacial score (nSPS) is 13.1. The van der Waals surface area contributed by atoms with Crippen LogP contribution in [0.3, 0.4) is 0 Å². The van der Waals surface area contributed by atoms with Crippen LogP contribution in [0, 0.1) is 0 Å². The Labute approximate surface area is 122 Å². The molecule has 1 amide bonds. The number of hydrogen-bond donors (Lipinski definition) is 1. The molecule has 0 spiro atoms. The quantitative estimate of drug-likeness (QED) is 0.902. The lowest BCUT2D eigenvalue weighted by Gasteiger charge is -2.24. The molecular formula is C12H17BrN2O3S. The summed E-state index contributed by atoms with van der Waals surface area (Å²) >= 11 is 3.19. The maximum absolute atomic E-state index is 12.2. The van der Waals surface area contributed by atoms with E-state index in [1.807, 2.05) is 13.8 Å². The van der Waals surface area contributed by atoms with Crippen molar-refractivity contribution >= 4 is 31.9 Å². The van der Waals surface area contributed by atoms with Crippen molar-refractivity contribution in [2.24, 2.45) is 5.14 Å². The highest BCUT2D eigenvalue weighted by Crippen LogP contribution is 2.20. The Bertz CT molecular complexity index is 587. The lowest BCUT2D eigenvalue weighted by Crippen LogP contribution is -2.34. The van der Waals surface area contributed by atoms with Crippen molar-refractivity contribution in [1.29, 1.82) is 0 Å². The minimum absolute atomic E-state index is 0.0735. The number of amides is 1. The maximum atomic E-state index is 12.2. The van der Waals surface area contributed by atoms with Gasteiger partial charge in [0.15, 0.2) is 0 Å². The molecule has 2 N–H and O–H groups in total. The first kappa shape index (κ1) is 16.1. The van der Waals surface area contributed by atoms with Crippen LogP contribution in [-0.2, 0) is 10.0 Å². The molecule has 0 heterocycles. The van der Waals surface area contributed by atoms with Gasteiger partial charge in [-0.25, -0.2) is 13.6 Å². The third-order valence-electron chi connectivity index (χ3n) is 3.02. The molecule has 106 valence electrons. The molecular weight excluding hydrogens is 332 g/mol. The minimum atomic E-state index is -3.83. The molecule has 0 aliphatic heterocycles. The Hall–Kier alpha value is -0.920. The van der Waals surface area contributed by atoms with Crippen LogP contribution in [0.2, 0.25) is 0 Å². The van der Waals surface area contributed by atoms with Gasteiger partial charge in [-0.3, -0.25) is 4.79 Å². The predicted octanol–water partition coefficient (Wildman–Crippen LogP) is 1.97. The number of benzene rings is 1. The molecule has 19 heavy (non-hydrogen) atoms. The van der Waals surface area contributed by atoms with E-state index in [2.05, 4.69) is 15.9 Å². The van der Waals surface area contributed by atoms with E-state index < -0.39 is 10.0 Å². The highest BCUT2D eigenvalue weighted by atomic mass is 79.9. The third-order valence-corrected chi connectivity index (χ3v) is 4.37. The molecule has 0 radical (unpaired) electrons. The molecule has 7 heteroatoms. The smallest absolute Gasteiger partial charge is 0.253 e. The highest BCUT2D eigenvalue weighted by molar-refractivity contribution is 9.10. The molecule has 0 saturated heterocycles. The summed E-state index contributed by atoms with van der Waals surface area (Å²) in [5.74, 6) is -0.236. The largest absolute Gasteiger partial charge is 0.339 e. The third kappa shape index (κ3) is 4.02. The van der Waals surface area contributed by atoms with Crippen LogP contribution in [0.5, 0.6) is 0 Å². The summed E-state index contributed by atoms with van der Waals surface area (Å²) in [6.45, 7) is 3.90. The summed E-state index contributed by atoms with van der Waals surface area (Å²) in [5.41, 5.74) is 0.293. The van der Waals surface area contributed by atoms with Gasteiger partial charge in [0.25, 0.3) is 5.91 Å². The number of hydrogen-bond acceptors (Lipinski definition) is 3. The van der Waals surface area contributed by atoms with E-state index in [4.69, 9.17) is 5.14 Å². The first-order valence-electron chi connectivity index (χ1n) is 5.77. The van der Waals surface area contributed by atoms with E-state index in [1.165, 1.54) is 12.1 Å². The van der Waals surface area contributed by atoms with E-state index in [0.29, 0.717) is 10.0 Å². The number of primary sulfonamides is 1. The number of halogens is 1. The van der Waals surface area contributed by atoms with Crippen molar-refractivity contribution in [2.45, 2.75) is 31.2 Å². The van der Waals surface area contributed by atoms with Gasteiger partial charge in [-0.1, -0.05) is 22.9 Å². The van der Waals surface area contributed by atoms with Crippen molar-refractivity contribution in [3.05, 3.63) is 28.2 Å². The molecule has 1 atom stereocenters. The second-order valence-corrected chi connectivity index (χ2v) is 6.87. The zero-order valence-electron chi connectivity index (χ0n) is 11.1. The zero-order valence-corrected chi connectivity index (χ0v) is 13.5. The van der Waals surface area contributed by atoms with E-state index in [1.54, 1.807) is 18.0 Å². The van der Waals surface area contributed by atoms with Gasteiger partial charge in [0, 0.05) is 23.1 Å². The van der Waals surface area contributed by atoms with Gasteiger partial charge in [0.2, 0.25) is 10.0 Å². The van der Waals surface area contributed by atoms with Gasteiger partial charge in [-0.05, 0) is 31.5 Å². The van der Waals surface area contributed by atoms with E-state index in [-0.39, 0.29) is 16.8 Å². The fraction of sp³-hybridized carbons (Fsp3) is 0.417. The Balaban J connectivity index is 3.22. The van der Waals surface area contributed by atoms with Crippen molar-refractivity contribution in [3.63, 3.8) is 0 Å². The van der Waals surface area contributed by atoms with E-state index in [0.717, 1.165) is 6.42 Å². The Morgan fingerprint density at radius 3 is 2.47 bits per heavy atom. The van der Waals surface area contributed by atoms with Gasteiger partial charge >= 0.3 is 0 Å². The van der Waals surface area contributed by atoms with Crippen LogP contribution in [0.1, 0.15) is 30.6 Å². The summed E-state index contributed by atoms with van der Waals surface area (Å²) in [6, 6.07) is 4.32. The summed E-state index contributed by atoms with van der Waals surface area (Å²) in [5, 5.41) is 5.08. The fourth-order valence-electron chi connectivity index (χ4n) is 1.53. The molecule has 1 rings (SSSR count). The summed E-state index contributed by atoms with van der Waals surface area (Å²) in [4.78, 5) is 13.7. The van der Waals surface area contributed by atoms with E-state index >= 15 is 0 Å². The second kappa shape index (κ2) is 6.02. The van der Waals surface area contributed by atoms with Crippen molar-refractivity contribution < 1.29 is 13.2 Å². The predicted molar refractivity (Wildman–Crippen MR) is 77.4 cm³/mol. The van der Waals surface area contributed by atoms with Crippen LogP contribution < -0.4 is 5.14 Å². The molecule has 1 aromatic carbocycles. The van der Waals surface area contributed by atoms with Crippen LogP contribution in [0.25, 0.3) is 0 Å². The minimum Gasteiger partial charge on any atom is -0.339 e. The Morgan fingerprint density at radius 1 is 1.42 bits per heavy atom. The van der Waals surface area contributed by atoms with Crippen molar-refractivity contribution in [2.75, 3.05) is 7.05 Å². The molecule has 0 aliphatic rings. The lowest BCUT2D eigenvalue weighted by molar-refractivity contribution is 0.0740. The molecule has 0 saturated carbocycles. The van der Waals surface area contributed by atoms with Gasteiger partial charge < -0.3 is 4.90 Å². The van der Waals surface area contributed by atoms with Gasteiger partial charge in [-0.2, -0.15) is 0 Å². The Kier molecular flexibility index (Phi) is 5.11. The van der Waals surface area contributed by atoms with Crippen LogP contribution in [0.4, 0.5) is 0 Å². The summed E-state index contributed by atoms with van der Waals surface area (Å²) in [7, 11) is -2.15. The average Bonchev–Trinajstić information content (AvgIpc) is 2.34. The monoisotopic (exact) mass is 348 g/mol. The molecule has 0 fully saturated rings. The molecule has 1 aromatic rings. The van der Waals surface area contributed by atoms with E-state index in [9.17, 15) is 13.2 Å². The lowest BCUT2D eigenvalue weighted by atomic mass is 10.1. The van der Waals surface area contributed by atoms with Crippen LogP contribution in [0.15, 0.2) is 27.6 Å². The van der Waals surface area contributed by atoms with Gasteiger partial charge in [-0.15, -0.1) is 0 Å². The maximum Gasteiger partial charge on any atom is 0.253 e. The molecule has 5 nitrogen and oxygen atoms in total. The molecule has 1 unspecified atom stereocenters. The summed E-state index contributed by atoms with van der Waals surface area (Å²) in [6.07, 6.45) is 0.818. The molecule has 0 aliphatic carbocycles. The first-order valence-corrected chi connectivity index (χ1v) is 8.11. The first-order chi connectivity index (χ1) is 8.66. The number of rotatable bonds is 4. The average molecular weight is 349 g/mol. The topological polar surface area (TPSA) is 80.5 Å². The second-order valence-electron chi connectivity index (χ2n) is 4.39.